The lowest BCUT2D eigenvalue weighted by atomic mass is 10.0. The van der Waals surface area contributed by atoms with E-state index in [-0.39, 0.29) is 17.8 Å². The van der Waals surface area contributed by atoms with Gasteiger partial charge in [-0.15, -0.1) is 0 Å². The van der Waals surface area contributed by atoms with E-state index in [1.165, 1.54) is 30.5 Å². The van der Waals surface area contributed by atoms with Gasteiger partial charge in [0, 0.05) is 12.3 Å². The lowest BCUT2D eigenvalue weighted by molar-refractivity contribution is 0.0851. The van der Waals surface area contributed by atoms with Gasteiger partial charge in [0.2, 0.25) is 5.88 Å². The van der Waals surface area contributed by atoms with Crippen LogP contribution in [0.1, 0.15) is 42.8 Å². The van der Waals surface area contributed by atoms with Crippen molar-refractivity contribution in [2.75, 3.05) is 0 Å². The van der Waals surface area contributed by atoms with Crippen LogP contribution in [-0.4, -0.2) is 28.1 Å². The van der Waals surface area contributed by atoms with Gasteiger partial charge in [-0.05, 0) is 44.5 Å². The van der Waals surface area contributed by atoms with Gasteiger partial charge in [0.05, 0.1) is 23.8 Å². The Balaban J connectivity index is 1.98. The molecule has 6 heteroatoms. The maximum atomic E-state index is 12.9. The second kappa shape index (κ2) is 7.88. The fourth-order valence-corrected chi connectivity index (χ4v) is 2.14. The number of aromatic nitrogens is 1. The van der Waals surface area contributed by atoms with Gasteiger partial charge in [-0.3, -0.25) is 4.79 Å². The Morgan fingerprint density at radius 1 is 1.17 bits per heavy atom. The molecule has 0 spiro atoms. The molecule has 0 saturated heterocycles. The number of hydrogen-bond acceptors (Lipinski definition) is 4. The summed E-state index contributed by atoms with van der Waals surface area (Å²) >= 11 is 0. The Morgan fingerprint density at radius 2 is 1.83 bits per heavy atom. The smallest absolute Gasteiger partial charge is 0.253 e. The largest absolute Gasteiger partial charge is 0.475 e. The number of pyridine rings is 1. The minimum atomic E-state index is -0.939. The van der Waals surface area contributed by atoms with Crippen molar-refractivity contribution in [2.24, 2.45) is 0 Å². The van der Waals surface area contributed by atoms with E-state index in [0.29, 0.717) is 17.0 Å². The Labute approximate surface area is 140 Å². The van der Waals surface area contributed by atoms with E-state index >= 15 is 0 Å². The molecule has 2 rings (SSSR count). The van der Waals surface area contributed by atoms with Crippen LogP contribution in [0.5, 0.6) is 5.88 Å². The molecular weight excluding hydrogens is 311 g/mol. The number of halogens is 1. The van der Waals surface area contributed by atoms with Gasteiger partial charge in [-0.25, -0.2) is 9.37 Å². The van der Waals surface area contributed by atoms with Crippen molar-refractivity contribution in [3.63, 3.8) is 0 Å². The number of nitrogens with zero attached hydrogens (tertiary/aromatic N) is 1. The van der Waals surface area contributed by atoms with Crippen molar-refractivity contribution in [3.8, 4) is 5.88 Å². The van der Waals surface area contributed by atoms with Crippen LogP contribution in [-0.2, 0) is 0 Å². The standard InChI is InChI=1S/C18H21FN2O3/c1-11(2)24-16-9-6-14(10-20-16)18(23)21-12(3)17(22)13-4-7-15(19)8-5-13/h4-12,17,22H,1-3H3,(H,21,23). The molecule has 24 heavy (non-hydrogen) atoms. The highest BCUT2D eigenvalue weighted by atomic mass is 19.1. The lowest BCUT2D eigenvalue weighted by Gasteiger charge is -2.20. The average molecular weight is 332 g/mol. The first-order valence-electron chi connectivity index (χ1n) is 7.74. The highest BCUT2D eigenvalue weighted by Gasteiger charge is 2.19. The molecule has 0 aliphatic heterocycles. The molecule has 1 amide bonds. The molecule has 5 nitrogen and oxygen atoms in total. The van der Waals surface area contributed by atoms with Crippen molar-refractivity contribution in [2.45, 2.75) is 39.0 Å². The van der Waals surface area contributed by atoms with E-state index in [9.17, 15) is 14.3 Å². The van der Waals surface area contributed by atoms with Crippen LogP contribution in [0.4, 0.5) is 4.39 Å². The zero-order valence-electron chi connectivity index (χ0n) is 13.9. The van der Waals surface area contributed by atoms with Gasteiger partial charge in [0.15, 0.2) is 0 Å². The molecule has 0 aliphatic rings. The third-order valence-corrected chi connectivity index (χ3v) is 3.40. The number of carbonyl (C=O) groups excluding carboxylic acids is 1. The first-order chi connectivity index (χ1) is 11.4. The van der Waals surface area contributed by atoms with Crippen LogP contribution in [0.15, 0.2) is 42.6 Å². The Bertz CT molecular complexity index is 672. The first-order valence-corrected chi connectivity index (χ1v) is 7.74. The zero-order chi connectivity index (χ0) is 17.7. The second-order valence-electron chi connectivity index (χ2n) is 5.81. The van der Waals surface area contributed by atoms with Crippen LogP contribution < -0.4 is 10.1 Å². The Hall–Kier alpha value is -2.47. The zero-order valence-corrected chi connectivity index (χ0v) is 13.9. The summed E-state index contributed by atoms with van der Waals surface area (Å²) in [7, 11) is 0. The summed E-state index contributed by atoms with van der Waals surface area (Å²) in [5, 5.41) is 13.0. The van der Waals surface area contributed by atoms with E-state index in [4.69, 9.17) is 4.74 Å². The van der Waals surface area contributed by atoms with Crippen molar-refractivity contribution < 1.29 is 19.0 Å². The normalized spacial score (nSPS) is 13.4. The topological polar surface area (TPSA) is 71.5 Å². The number of nitrogens with one attached hydrogen (secondary N) is 1. The minimum absolute atomic E-state index is 0.00283. The number of hydrogen-bond donors (Lipinski definition) is 2. The molecule has 0 saturated carbocycles. The van der Waals surface area contributed by atoms with Crippen molar-refractivity contribution in [3.05, 3.63) is 59.5 Å². The van der Waals surface area contributed by atoms with Crippen molar-refractivity contribution in [1.29, 1.82) is 0 Å². The SMILES string of the molecule is CC(C)Oc1ccc(C(=O)NC(C)C(O)c2ccc(F)cc2)cn1. The molecule has 0 radical (unpaired) electrons. The number of carbonyl (C=O) groups is 1. The number of rotatable bonds is 6. The maximum Gasteiger partial charge on any atom is 0.253 e. The van der Waals surface area contributed by atoms with Gasteiger partial charge in [0.25, 0.3) is 5.91 Å². The summed E-state index contributed by atoms with van der Waals surface area (Å²) in [4.78, 5) is 16.3. The molecule has 128 valence electrons. The van der Waals surface area contributed by atoms with Crippen molar-refractivity contribution >= 4 is 5.91 Å². The molecule has 2 aromatic rings. The van der Waals surface area contributed by atoms with E-state index < -0.39 is 12.1 Å². The molecule has 2 atom stereocenters. The van der Waals surface area contributed by atoms with Gasteiger partial charge in [0.1, 0.15) is 5.82 Å². The fourth-order valence-electron chi connectivity index (χ4n) is 2.14. The molecule has 2 N–H and O–H groups in total. The number of ether oxygens (including phenoxy) is 1. The Morgan fingerprint density at radius 3 is 2.38 bits per heavy atom. The van der Waals surface area contributed by atoms with Crippen LogP contribution in [0.2, 0.25) is 0 Å². The van der Waals surface area contributed by atoms with E-state index in [1.807, 2.05) is 13.8 Å². The van der Waals surface area contributed by atoms with E-state index in [1.54, 1.807) is 19.1 Å². The fraction of sp³-hybridized carbons (Fsp3) is 0.333. The minimum Gasteiger partial charge on any atom is -0.475 e. The molecule has 2 unspecified atom stereocenters. The third-order valence-electron chi connectivity index (χ3n) is 3.40. The summed E-state index contributed by atoms with van der Waals surface area (Å²) in [5.41, 5.74) is 0.896. The first kappa shape index (κ1) is 17.9. The maximum absolute atomic E-state index is 12.9. The summed E-state index contributed by atoms with van der Waals surface area (Å²) in [6, 6.07) is 8.20. The number of benzene rings is 1. The molecule has 1 aromatic carbocycles. The highest BCUT2D eigenvalue weighted by Crippen LogP contribution is 2.18. The third kappa shape index (κ3) is 4.76. The van der Waals surface area contributed by atoms with Crippen LogP contribution in [0.3, 0.4) is 0 Å². The summed E-state index contributed by atoms with van der Waals surface area (Å²) in [5.74, 6) is -0.286. The number of aliphatic hydroxyl groups is 1. The van der Waals surface area contributed by atoms with Gasteiger partial charge in [-0.1, -0.05) is 12.1 Å². The molecule has 1 aromatic heterocycles. The summed E-state index contributed by atoms with van der Waals surface area (Å²) in [6.07, 6.45) is 0.485. The van der Waals surface area contributed by atoms with Crippen LogP contribution in [0, 0.1) is 5.82 Å². The number of amides is 1. The summed E-state index contributed by atoms with van der Waals surface area (Å²) in [6.45, 7) is 5.46. The van der Waals surface area contributed by atoms with Crippen LogP contribution in [0.25, 0.3) is 0 Å². The quantitative estimate of drug-likeness (QED) is 0.853. The Kier molecular flexibility index (Phi) is 5.87. The molecule has 1 heterocycles. The van der Waals surface area contributed by atoms with E-state index in [2.05, 4.69) is 10.3 Å². The lowest BCUT2D eigenvalue weighted by Crippen LogP contribution is -2.37. The second-order valence-corrected chi connectivity index (χ2v) is 5.81. The molecule has 0 aliphatic carbocycles. The van der Waals surface area contributed by atoms with Gasteiger partial charge in [-0.2, -0.15) is 0 Å². The highest BCUT2D eigenvalue weighted by molar-refractivity contribution is 5.94. The average Bonchev–Trinajstić information content (AvgIpc) is 2.55. The predicted octanol–water partition coefficient (Wildman–Crippen LogP) is 2.86. The van der Waals surface area contributed by atoms with Gasteiger partial charge >= 0.3 is 0 Å². The monoisotopic (exact) mass is 332 g/mol. The van der Waals surface area contributed by atoms with Gasteiger partial charge < -0.3 is 15.2 Å². The molecular formula is C18H21FN2O3. The van der Waals surface area contributed by atoms with Crippen molar-refractivity contribution in [1.82, 2.24) is 10.3 Å². The molecule has 0 fully saturated rings. The number of aliphatic hydroxyl groups excluding tert-OH is 1. The van der Waals surface area contributed by atoms with E-state index in [0.717, 1.165) is 0 Å². The molecule has 0 bridgehead atoms. The van der Waals surface area contributed by atoms with Crippen LogP contribution >= 0.6 is 0 Å². The summed E-state index contributed by atoms with van der Waals surface area (Å²) < 4.78 is 18.3. The predicted molar refractivity (Wildman–Crippen MR) is 88.3 cm³/mol.